The van der Waals surface area contributed by atoms with Gasteiger partial charge in [-0.1, -0.05) is 54.4 Å². The highest BCUT2D eigenvalue weighted by atomic mass is 35.5. The molecule has 0 aliphatic heterocycles. The van der Waals surface area contributed by atoms with Crippen LogP contribution in [0.2, 0.25) is 5.02 Å². The van der Waals surface area contributed by atoms with Crippen LogP contribution >= 0.6 is 11.6 Å². The Balaban J connectivity index is 1.98. The zero-order chi connectivity index (χ0) is 14.2. The van der Waals surface area contributed by atoms with E-state index in [1.165, 1.54) is 24.8 Å². The fourth-order valence-corrected chi connectivity index (χ4v) is 2.99. The Morgan fingerprint density at radius 3 is 2.30 bits per heavy atom. The van der Waals surface area contributed by atoms with Crippen LogP contribution in [-0.2, 0) is 5.60 Å². The average Bonchev–Trinajstić information content (AvgIpc) is 2.37. The van der Waals surface area contributed by atoms with Crippen molar-refractivity contribution < 1.29 is 5.11 Å². The maximum absolute atomic E-state index is 10.9. The van der Waals surface area contributed by atoms with E-state index in [1.807, 2.05) is 43.3 Å². The fourth-order valence-electron chi connectivity index (χ4n) is 2.79. The molecule has 0 bridgehead atoms. The SMILES string of the molecule is CC(O)(c1cccc(Cl)c1)c1cccc(C2CCC2)c1. The molecule has 0 radical (unpaired) electrons. The molecule has 2 heteroatoms. The minimum Gasteiger partial charge on any atom is -0.381 e. The number of rotatable bonds is 3. The smallest absolute Gasteiger partial charge is 0.112 e. The van der Waals surface area contributed by atoms with Gasteiger partial charge in [-0.3, -0.25) is 0 Å². The summed E-state index contributed by atoms with van der Waals surface area (Å²) in [7, 11) is 0. The fraction of sp³-hybridized carbons (Fsp3) is 0.333. The first-order valence-corrected chi connectivity index (χ1v) is 7.54. The molecule has 104 valence electrons. The van der Waals surface area contributed by atoms with E-state index < -0.39 is 5.60 Å². The van der Waals surface area contributed by atoms with Gasteiger partial charge in [0, 0.05) is 5.02 Å². The van der Waals surface area contributed by atoms with E-state index >= 15 is 0 Å². The van der Waals surface area contributed by atoms with Crippen molar-refractivity contribution in [2.24, 2.45) is 0 Å². The number of halogens is 1. The number of benzene rings is 2. The van der Waals surface area contributed by atoms with E-state index in [9.17, 15) is 5.11 Å². The molecule has 0 spiro atoms. The highest BCUT2D eigenvalue weighted by molar-refractivity contribution is 6.30. The van der Waals surface area contributed by atoms with Gasteiger partial charge in [-0.2, -0.15) is 0 Å². The summed E-state index contributed by atoms with van der Waals surface area (Å²) in [4.78, 5) is 0. The van der Waals surface area contributed by atoms with Gasteiger partial charge >= 0.3 is 0 Å². The summed E-state index contributed by atoms with van der Waals surface area (Å²) in [5.74, 6) is 0.671. The lowest BCUT2D eigenvalue weighted by Crippen LogP contribution is -2.23. The Morgan fingerprint density at radius 2 is 1.70 bits per heavy atom. The van der Waals surface area contributed by atoms with Gasteiger partial charge in [0.25, 0.3) is 0 Å². The van der Waals surface area contributed by atoms with Crippen molar-refractivity contribution in [3.63, 3.8) is 0 Å². The van der Waals surface area contributed by atoms with Crippen molar-refractivity contribution >= 4 is 11.6 Å². The molecule has 0 amide bonds. The highest BCUT2D eigenvalue weighted by Gasteiger charge is 2.27. The second kappa shape index (κ2) is 5.23. The van der Waals surface area contributed by atoms with Crippen LogP contribution in [0.3, 0.4) is 0 Å². The summed E-state index contributed by atoms with van der Waals surface area (Å²) in [6.45, 7) is 1.83. The van der Waals surface area contributed by atoms with E-state index in [1.54, 1.807) is 0 Å². The van der Waals surface area contributed by atoms with Gasteiger partial charge in [0.05, 0.1) is 0 Å². The van der Waals surface area contributed by atoms with Crippen LogP contribution in [0.25, 0.3) is 0 Å². The third kappa shape index (κ3) is 2.48. The maximum atomic E-state index is 10.9. The predicted molar refractivity (Wildman–Crippen MR) is 83.2 cm³/mol. The molecule has 2 aromatic rings. The molecule has 0 heterocycles. The molecule has 0 aromatic heterocycles. The Kier molecular flexibility index (Phi) is 3.57. The quantitative estimate of drug-likeness (QED) is 0.854. The molecule has 1 aliphatic rings. The Morgan fingerprint density at radius 1 is 1.05 bits per heavy atom. The summed E-state index contributed by atoms with van der Waals surface area (Å²) in [6, 6.07) is 15.8. The molecular formula is C18H19ClO. The van der Waals surface area contributed by atoms with Gasteiger partial charge in [-0.25, -0.2) is 0 Å². The van der Waals surface area contributed by atoms with Crippen LogP contribution in [-0.4, -0.2) is 5.11 Å². The van der Waals surface area contributed by atoms with Gasteiger partial charge in [0.15, 0.2) is 0 Å². The number of aliphatic hydroxyl groups is 1. The first-order valence-electron chi connectivity index (χ1n) is 7.16. The van der Waals surface area contributed by atoms with E-state index in [4.69, 9.17) is 11.6 Å². The van der Waals surface area contributed by atoms with Gasteiger partial charge in [0.1, 0.15) is 5.60 Å². The van der Waals surface area contributed by atoms with Crippen molar-refractivity contribution in [3.8, 4) is 0 Å². The third-order valence-electron chi connectivity index (χ3n) is 4.41. The summed E-state index contributed by atoms with van der Waals surface area (Å²) < 4.78 is 0. The van der Waals surface area contributed by atoms with E-state index in [0.717, 1.165) is 11.1 Å². The van der Waals surface area contributed by atoms with E-state index in [-0.39, 0.29) is 0 Å². The molecule has 1 N–H and O–H groups in total. The predicted octanol–water partition coefficient (Wildman–Crippen LogP) is 4.86. The van der Waals surface area contributed by atoms with Crippen molar-refractivity contribution in [3.05, 3.63) is 70.2 Å². The lowest BCUT2D eigenvalue weighted by Gasteiger charge is -2.29. The standard InChI is InChI=1S/C18H19ClO/c1-18(20,16-9-4-10-17(19)12-16)15-8-3-7-14(11-15)13-5-2-6-13/h3-4,7-13,20H,2,5-6H2,1H3. The van der Waals surface area contributed by atoms with E-state index in [0.29, 0.717) is 10.9 Å². The molecule has 1 fully saturated rings. The van der Waals surface area contributed by atoms with Crippen LogP contribution in [0.5, 0.6) is 0 Å². The molecule has 1 saturated carbocycles. The molecule has 1 atom stereocenters. The lowest BCUT2D eigenvalue weighted by atomic mass is 9.78. The van der Waals surface area contributed by atoms with Gasteiger partial charge < -0.3 is 5.11 Å². The molecule has 20 heavy (non-hydrogen) atoms. The third-order valence-corrected chi connectivity index (χ3v) is 4.65. The largest absolute Gasteiger partial charge is 0.381 e. The first-order chi connectivity index (χ1) is 9.57. The summed E-state index contributed by atoms with van der Waals surface area (Å²) >= 11 is 6.04. The van der Waals surface area contributed by atoms with Crippen LogP contribution in [0.1, 0.15) is 48.8 Å². The summed E-state index contributed by atoms with van der Waals surface area (Å²) in [5, 5.41) is 11.6. The topological polar surface area (TPSA) is 20.2 Å². The molecular weight excluding hydrogens is 268 g/mol. The number of hydrogen-bond acceptors (Lipinski definition) is 1. The normalized spacial score (nSPS) is 18.4. The Labute approximate surface area is 125 Å². The average molecular weight is 287 g/mol. The Bertz CT molecular complexity index is 614. The minimum atomic E-state index is -1.01. The van der Waals surface area contributed by atoms with Crippen molar-refractivity contribution in [1.29, 1.82) is 0 Å². The first kappa shape index (κ1) is 13.7. The second-order valence-electron chi connectivity index (χ2n) is 5.84. The van der Waals surface area contributed by atoms with E-state index in [2.05, 4.69) is 12.1 Å². The lowest BCUT2D eigenvalue weighted by molar-refractivity contribution is 0.102. The minimum absolute atomic E-state index is 0.651. The van der Waals surface area contributed by atoms with Gasteiger partial charge in [0.2, 0.25) is 0 Å². The summed E-state index contributed by atoms with van der Waals surface area (Å²) in [5.41, 5.74) is 2.10. The summed E-state index contributed by atoms with van der Waals surface area (Å²) in [6.07, 6.45) is 3.85. The van der Waals surface area contributed by atoms with Crippen molar-refractivity contribution in [2.75, 3.05) is 0 Å². The van der Waals surface area contributed by atoms with Crippen LogP contribution in [0.15, 0.2) is 48.5 Å². The molecule has 3 rings (SSSR count). The monoisotopic (exact) mass is 286 g/mol. The zero-order valence-corrected chi connectivity index (χ0v) is 12.4. The van der Waals surface area contributed by atoms with Crippen LogP contribution in [0, 0.1) is 0 Å². The van der Waals surface area contributed by atoms with Crippen LogP contribution in [0.4, 0.5) is 0 Å². The van der Waals surface area contributed by atoms with Gasteiger partial charge in [-0.05, 0) is 54.5 Å². The molecule has 1 unspecified atom stereocenters. The maximum Gasteiger partial charge on any atom is 0.112 e. The zero-order valence-electron chi connectivity index (χ0n) is 11.6. The Hall–Kier alpha value is -1.31. The highest BCUT2D eigenvalue weighted by Crippen LogP contribution is 2.38. The van der Waals surface area contributed by atoms with Gasteiger partial charge in [-0.15, -0.1) is 0 Å². The van der Waals surface area contributed by atoms with Crippen molar-refractivity contribution in [2.45, 2.75) is 37.7 Å². The molecule has 2 aromatic carbocycles. The molecule has 1 nitrogen and oxygen atoms in total. The molecule has 1 aliphatic carbocycles. The number of hydrogen-bond donors (Lipinski definition) is 1. The second-order valence-corrected chi connectivity index (χ2v) is 6.27. The van der Waals surface area contributed by atoms with Crippen LogP contribution < -0.4 is 0 Å². The molecule has 0 saturated heterocycles. The van der Waals surface area contributed by atoms with Crippen molar-refractivity contribution in [1.82, 2.24) is 0 Å².